The van der Waals surface area contributed by atoms with Crippen molar-refractivity contribution in [3.63, 3.8) is 0 Å². The maximum atomic E-state index is 12.0. The van der Waals surface area contributed by atoms with Gasteiger partial charge in [0.15, 0.2) is 5.82 Å². The molecule has 0 radical (unpaired) electrons. The summed E-state index contributed by atoms with van der Waals surface area (Å²) in [4.78, 5) is 12.0. The second-order valence-electron chi connectivity index (χ2n) is 6.18. The Labute approximate surface area is 162 Å². The van der Waals surface area contributed by atoms with Crippen LogP contribution in [0.2, 0.25) is 5.02 Å². The molecule has 0 spiro atoms. The highest BCUT2D eigenvalue weighted by molar-refractivity contribution is 7.99. The SMILES string of the molecule is Nn1c(SCC(=O)NCCC2=CCCCC2)nnc1-c1ccc(Cl)cc1. The first-order valence-electron chi connectivity index (χ1n) is 8.67. The summed E-state index contributed by atoms with van der Waals surface area (Å²) in [7, 11) is 0. The molecule has 3 N–H and O–H groups in total. The molecule has 1 heterocycles. The number of allylic oxidation sites excluding steroid dienone is 1. The van der Waals surface area contributed by atoms with Crippen LogP contribution in [-0.2, 0) is 4.79 Å². The Kier molecular flexibility index (Phi) is 6.57. The van der Waals surface area contributed by atoms with Gasteiger partial charge in [-0.15, -0.1) is 10.2 Å². The highest BCUT2D eigenvalue weighted by atomic mass is 35.5. The normalized spacial score (nSPS) is 14.1. The third-order valence-electron chi connectivity index (χ3n) is 4.25. The topological polar surface area (TPSA) is 85.8 Å². The van der Waals surface area contributed by atoms with Crippen LogP contribution in [-0.4, -0.2) is 33.1 Å². The fourth-order valence-corrected chi connectivity index (χ4v) is 3.66. The van der Waals surface area contributed by atoms with E-state index in [1.165, 1.54) is 41.3 Å². The average Bonchev–Trinajstić information content (AvgIpc) is 3.02. The molecule has 8 heteroatoms. The van der Waals surface area contributed by atoms with Gasteiger partial charge in [0.25, 0.3) is 0 Å². The number of halogens is 1. The Morgan fingerprint density at radius 1 is 1.27 bits per heavy atom. The van der Waals surface area contributed by atoms with Gasteiger partial charge in [-0.05, 0) is 56.4 Å². The van der Waals surface area contributed by atoms with E-state index in [9.17, 15) is 4.79 Å². The zero-order valence-corrected chi connectivity index (χ0v) is 16.0. The number of carbonyl (C=O) groups excluding carboxylic acids is 1. The number of thioether (sulfide) groups is 1. The lowest BCUT2D eigenvalue weighted by molar-refractivity contribution is -0.118. The Balaban J connectivity index is 1.47. The number of nitrogens with two attached hydrogens (primary N) is 1. The van der Waals surface area contributed by atoms with Gasteiger partial charge in [-0.3, -0.25) is 4.79 Å². The molecule has 138 valence electrons. The van der Waals surface area contributed by atoms with E-state index in [4.69, 9.17) is 17.4 Å². The third-order valence-corrected chi connectivity index (χ3v) is 5.45. The molecule has 0 fully saturated rings. The van der Waals surface area contributed by atoms with E-state index in [2.05, 4.69) is 21.6 Å². The van der Waals surface area contributed by atoms with Crippen LogP contribution < -0.4 is 11.2 Å². The first kappa shape index (κ1) is 18.8. The molecule has 0 bridgehead atoms. The van der Waals surface area contributed by atoms with Crippen LogP contribution in [0, 0.1) is 0 Å². The minimum Gasteiger partial charge on any atom is -0.355 e. The van der Waals surface area contributed by atoms with Gasteiger partial charge in [0.2, 0.25) is 11.1 Å². The first-order valence-corrected chi connectivity index (χ1v) is 10.0. The fraction of sp³-hybridized carbons (Fsp3) is 0.389. The van der Waals surface area contributed by atoms with Crippen LogP contribution in [0.4, 0.5) is 0 Å². The van der Waals surface area contributed by atoms with Gasteiger partial charge in [-0.2, -0.15) is 0 Å². The Morgan fingerprint density at radius 3 is 2.81 bits per heavy atom. The molecule has 26 heavy (non-hydrogen) atoms. The molecule has 1 aliphatic rings. The molecule has 1 amide bonds. The van der Waals surface area contributed by atoms with Gasteiger partial charge in [0, 0.05) is 17.1 Å². The molecular formula is C18H22ClN5OS. The van der Waals surface area contributed by atoms with Gasteiger partial charge in [-0.1, -0.05) is 35.0 Å². The molecular weight excluding hydrogens is 370 g/mol. The number of hydrogen-bond acceptors (Lipinski definition) is 5. The monoisotopic (exact) mass is 391 g/mol. The number of nitrogen functional groups attached to an aromatic ring is 1. The number of aromatic nitrogens is 3. The summed E-state index contributed by atoms with van der Waals surface area (Å²) in [6.07, 6.45) is 8.11. The molecule has 2 aromatic rings. The lowest BCUT2D eigenvalue weighted by atomic mass is 9.97. The average molecular weight is 392 g/mol. The number of hydrogen-bond donors (Lipinski definition) is 2. The Morgan fingerprint density at radius 2 is 2.08 bits per heavy atom. The zero-order valence-electron chi connectivity index (χ0n) is 14.4. The fourth-order valence-electron chi connectivity index (χ4n) is 2.85. The van der Waals surface area contributed by atoms with Crippen molar-refractivity contribution in [2.75, 3.05) is 18.1 Å². The number of nitrogens with one attached hydrogen (secondary N) is 1. The Hall–Kier alpha value is -1.99. The smallest absolute Gasteiger partial charge is 0.230 e. The molecule has 0 saturated carbocycles. The third kappa shape index (κ3) is 5.02. The summed E-state index contributed by atoms with van der Waals surface area (Å²) in [6.45, 7) is 0.677. The quantitative estimate of drug-likeness (QED) is 0.429. The van der Waals surface area contributed by atoms with Crippen LogP contribution in [0.1, 0.15) is 32.1 Å². The van der Waals surface area contributed by atoms with Crippen LogP contribution in [0.25, 0.3) is 11.4 Å². The van der Waals surface area contributed by atoms with E-state index < -0.39 is 0 Å². The summed E-state index contributed by atoms with van der Waals surface area (Å²) in [5, 5.41) is 12.3. The van der Waals surface area contributed by atoms with E-state index in [0.29, 0.717) is 22.5 Å². The van der Waals surface area contributed by atoms with Crippen molar-refractivity contribution in [2.45, 2.75) is 37.3 Å². The van der Waals surface area contributed by atoms with Crippen molar-refractivity contribution >= 4 is 29.3 Å². The van der Waals surface area contributed by atoms with E-state index in [1.807, 2.05) is 12.1 Å². The van der Waals surface area contributed by atoms with E-state index in [-0.39, 0.29) is 11.7 Å². The predicted octanol–water partition coefficient (Wildman–Crippen LogP) is 3.41. The zero-order chi connectivity index (χ0) is 18.4. The number of rotatable bonds is 7. The number of nitrogens with zero attached hydrogens (tertiary/aromatic N) is 3. The van der Waals surface area contributed by atoms with Crippen molar-refractivity contribution in [1.29, 1.82) is 0 Å². The molecule has 1 aromatic heterocycles. The van der Waals surface area contributed by atoms with Gasteiger partial charge in [0.05, 0.1) is 5.75 Å². The van der Waals surface area contributed by atoms with Crippen molar-refractivity contribution < 1.29 is 4.79 Å². The second-order valence-corrected chi connectivity index (χ2v) is 7.56. The molecule has 0 atom stereocenters. The second kappa shape index (κ2) is 9.09. The minimum absolute atomic E-state index is 0.0255. The first-order chi connectivity index (χ1) is 12.6. The lowest BCUT2D eigenvalue weighted by Crippen LogP contribution is -2.26. The summed E-state index contributed by atoms with van der Waals surface area (Å²) in [5.74, 6) is 6.83. The number of benzene rings is 1. The standard InChI is InChI=1S/C18H22ClN5OS/c19-15-8-6-14(7-9-15)17-22-23-18(24(17)20)26-12-16(25)21-11-10-13-4-2-1-3-5-13/h4,6-9H,1-3,5,10-12,20H2,(H,21,25). The highest BCUT2D eigenvalue weighted by Gasteiger charge is 2.14. The highest BCUT2D eigenvalue weighted by Crippen LogP contribution is 2.23. The lowest BCUT2D eigenvalue weighted by Gasteiger charge is -2.12. The van der Waals surface area contributed by atoms with Crippen molar-refractivity contribution in [2.24, 2.45) is 0 Å². The molecule has 3 rings (SSSR count). The number of amides is 1. The summed E-state index contributed by atoms with van der Waals surface area (Å²) < 4.78 is 1.40. The van der Waals surface area contributed by atoms with Crippen LogP contribution in [0.3, 0.4) is 0 Å². The number of carbonyl (C=O) groups is 1. The molecule has 1 aliphatic carbocycles. The maximum absolute atomic E-state index is 12.0. The van der Waals surface area contributed by atoms with Gasteiger partial charge in [0.1, 0.15) is 0 Å². The molecule has 6 nitrogen and oxygen atoms in total. The minimum atomic E-state index is -0.0255. The van der Waals surface area contributed by atoms with Gasteiger partial charge in [-0.25, -0.2) is 4.68 Å². The molecule has 0 aliphatic heterocycles. The predicted molar refractivity (Wildman–Crippen MR) is 106 cm³/mol. The van der Waals surface area contributed by atoms with Crippen molar-refractivity contribution in [3.8, 4) is 11.4 Å². The van der Waals surface area contributed by atoms with Crippen LogP contribution >= 0.6 is 23.4 Å². The summed E-state index contributed by atoms with van der Waals surface area (Å²) in [6, 6.07) is 7.20. The van der Waals surface area contributed by atoms with E-state index >= 15 is 0 Å². The Bertz CT molecular complexity index is 787. The van der Waals surface area contributed by atoms with Crippen LogP contribution in [0.15, 0.2) is 41.1 Å². The molecule has 0 saturated heterocycles. The molecule has 1 aromatic carbocycles. The maximum Gasteiger partial charge on any atom is 0.230 e. The van der Waals surface area contributed by atoms with E-state index in [0.717, 1.165) is 18.4 Å². The largest absolute Gasteiger partial charge is 0.355 e. The summed E-state index contributed by atoms with van der Waals surface area (Å²) in [5.41, 5.74) is 2.28. The van der Waals surface area contributed by atoms with Crippen LogP contribution in [0.5, 0.6) is 0 Å². The van der Waals surface area contributed by atoms with Crippen molar-refractivity contribution in [3.05, 3.63) is 40.9 Å². The van der Waals surface area contributed by atoms with E-state index in [1.54, 1.807) is 12.1 Å². The van der Waals surface area contributed by atoms with Crippen molar-refractivity contribution in [1.82, 2.24) is 20.2 Å². The summed E-state index contributed by atoms with van der Waals surface area (Å²) >= 11 is 7.17. The van der Waals surface area contributed by atoms with Gasteiger partial charge >= 0.3 is 0 Å². The molecule has 0 unspecified atom stereocenters. The van der Waals surface area contributed by atoms with Gasteiger partial charge < -0.3 is 11.2 Å².